The molecule has 1 aliphatic carbocycles. The summed E-state index contributed by atoms with van der Waals surface area (Å²) in [5, 5.41) is 1.28. The van der Waals surface area contributed by atoms with Crippen molar-refractivity contribution >= 4 is 26.8 Å². The van der Waals surface area contributed by atoms with Gasteiger partial charge in [0.1, 0.15) is 0 Å². The first-order valence-corrected chi connectivity index (χ1v) is 6.40. The summed E-state index contributed by atoms with van der Waals surface area (Å²) in [5.74, 6) is 0. The number of fused-ring (bicyclic) bond motifs is 1. The van der Waals surface area contributed by atoms with E-state index in [0.717, 1.165) is 23.7 Å². The highest BCUT2D eigenvalue weighted by atomic mass is 79.9. The lowest BCUT2D eigenvalue weighted by Gasteiger charge is -2.11. The third kappa shape index (κ3) is 1.59. The first kappa shape index (κ1) is 10.4. The lowest BCUT2D eigenvalue weighted by atomic mass is 10.0. The van der Waals surface area contributed by atoms with Crippen molar-refractivity contribution in [3.63, 3.8) is 0 Å². The summed E-state index contributed by atoms with van der Waals surface area (Å²) in [7, 11) is 2.09. The van der Waals surface area contributed by atoms with E-state index in [1.54, 1.807) is 0 Å². The molecule has 1 heterocycles. The monoisotopic (exact) mass is 278 g/mol. The molecular weight excluding hydrogens is 264 g/mol. The average Bonchev–Trinajstić information content (AvgIpc) is 2.87. The largest absolute Gasteiger partial charge is 0.349 e. The normalized spacial score (nSPS) is 17.9. The first-order chi connectivity index (χ1) is 7.59. The number of nitrogens with zero attached hydrogens (tertiary/aromatic N) is 1. The van der Waals surface area contributed by atoms with Gasteiger partial charge in [0.25, 0.3) is 0 Å². The maximum atomic E-state index is 6.21. The van der Waals surface area contributed by atoms with Gasteiger partial charge in [0.2, 0.25) is 0 Å². The molecule has 2 N–H and O–H groups in total. The minimum Gasteiger partial charge on any atom is -0.349 e. The van der Waals surface area contributed by atoms with Crippen molar-refractivity contribution in [2.45, 2.75) is 24.8 Å². The number of benzene rings is 1. The smallest absolute Gasteiger partial charge is 0.0522 e. The van der Waals surface area contributed by atoms with Crippen LogP contribution in [-0.2, 0) is 13.5 Å². The van der Waals surface area contributed by atoms with Gasteiger partial charge in [-0.3, -0.25) is 0 Å². The van der Waals surface area contributed by atoms with Crippen LogP contribution in [0.5, 0.6) is 0 Å². The number of nitrogens with two attached hydrogens (primary N) is 1. The Bertz CT molecular complexity index is 552. The molecule has 3 rings (SSSR count). The molecule has 1 aromatic carbocycles. The molecule has 0 unspecified atom stereocenters. The number of hydrogen-bond acceptors (Lipinski definition) is 1. The van der Waals surface area contributed by atoms with Crippen molar-refractivity contribution in [3.8, 4) is 0 Å². The molecule has 2 nitrogen and oxygen atoms in total. The Morgan fingerprint density at radius 2 is 2.19 bits per heavy atom. The standard InChI is InChI=1S/C13H15BrN2/c1-16-8-11(14)10-4-2-3-9(12(10)16)7-13(15)5-6-13/h2-4,8H,5-7,15H2,1H3. The highest BCUT2D eigenvalue weighted by molar-refractivity contribution is 9.10. The fraction of sp³-hybridized carbons (Fsp3) is 0.385. The Balaban J connectivity index is 2.16. The summed E-state index contributed by atoms with van der Waals surface area (Å²) in [4.78, 5) is 0. The van der Waals surface area contributed by atoms with E-state index in [9.17, 15) is 0 Å². The first-order valence-electron chi connectivity index (χ1n) is 5.60. The Morgan fingerprint density at radius 1 is 1.44 bits per heavy atom. The SMILES string of the molecule is Cn1cc(Br)c2cccc(CC3(N)CC3)c21. The van der Waals surface area contributed by atoms with E-state index in [0.29, 0.717) is 0 Å². The Hall–Kier alpha value is -0.800. The van der Waals surface area contributed by atoms with Crippen molar-refractivity contribution in [2.24, 2.45) is 12.8 Å². The van der Waals surface area contributed by atoms with Gasteiger partial charge >= 0.3 is 0 Å². The molecule has 1 saturated carbocycles. The van der Waals surface area contributed by atoms with Crippen LogP contribution in [0.3, 0.4) is 0 Å². The second-order valence-corrected chi connectivity index (χ2v) is 5.79. The average molecular weight is 279 g/mol. The maximum Gasteiger partial charge on any atom is 0.0522 e. The predicted molar refractivity (Wildman–Crippen MR) is 70.5 cm³/mol. The van der Waals surface area contributed by atoms with Crippen LogP contribution in [0, 0.1) is 0 Å². The van der Waals surface area contributed by atoms with E-state index in [-0.39, 0.29) is 5.54 Å². The molecule has 1 aromatic heterocycles. The number of aromatic nitrogens is 1. The molecular formula is C13H15BrN2. The van der Waals surface area contributed by atoms with Crippen LogP contribution < -0.4 is 5.73 Å². The number of rotatable bonds is 2. The fourth-order valence-corrected chi connectivity index (χ4v) is 2.99. The van der Waals surface area contributed by atoms with Gasteiger partial charge in [0, 0.05) is 28.6 Å². The molecule has 0 saturated heterocycles. The van der Waals surface area contributed by atoms with Crippen LogP contribution in [0.15, 0.2) is 28.9 Å². The minimum absolute atomic E-state index is 0.0744. The summed E-state index contributed by atoms with van der Waals surface area (Å²) in [6, 6.07) is 6.47. The van der Waals surface area contributed by atoms with Crippen LogP contribution >= 0.6 is 15.9 Å². The van der Waals surface area contributed by atoms with Crippen molar-refractivity contribution in [2.75, 3.05) is 0 Å². The van der Waals surface area contributed by atoms with Crippen LogP contribution in [0.2, 0.25) is 0 Å². The molecule has 0 spiro atoms. The number of aryl methyl sites for hydroxylation is 1. The van der Waals surface area contributed by atoms with Crippen molar-refractivity contribution in [3.05, 3.63) is 34.4 Å². The highest BCUT2D eigenvalue weighted by Crippen LogP contribution is 2.38. The topological polar surface area (TPSA) is 30.9 Å². The summed E-state index contributed by atoms with van der Waals surface area (Å²) in [6.45, 7) is 0. The molecule has 2 aromatic rings. The van der Waals surface area contributed by atoms with Gasteiger partial charge in [-0.15, -0.1) is 0 Å². The summed E-state index contributed by atoms with van der Waals surface area (Å²) >= 11 is 3.60. The Morgan fingerprint density at radius 3 is 2.88 bits per heavy atom. The molecule has 3 heteroatoms. The number of halogens is 1. The fourth-order valence-electron chi connectivity index (χ4n) is 2.36. The van der Waals surface area contributed by atoms with E-state index in [4.69, 9.17) is 5.73 Å². The zero-order valence-electron chi connectivity index (χ0n) is 9.33. The molecule has 84 valence electrons. The molecule has 1 fully saturated rings. The Kier molecular flexibility index (Phi) is 2.17. The van der Waals surface area contributed by atoms with Gasteiger partial charge < -0.3 is 10.3 Å². The van der Waals surface area contributed by atoms with E-state index in [1.807, 2.05) is 0 Å². The van der Waals surface area contributed by atoms with Crippen LogP contribution in [-0.4, -0.2) is 10.1 Å². The minimum atomic E-state index is 0.0744. The van der Waals surface area contributed by atoms with Gasteiger partial charge in [-0.2, -0.15) is 0 Å². The third-order valence-corrected chi connectivity index (χ3v) is 4.10. The maximum absolute atomic E-state index is 6.21. The van der Waals surface area contributed by atoms with Crippen molar-refractivity contribution in [1.29, 1.82) is 0 Å². The van der Waals surface area contributed by atoms with E-state index in [2.05, 4.69) is 51.9 Å². The van der Waals surface area contributed by atoms with Gasteiger partial charge in [0.15, 0.2) is 0 Å². The van der Waals surface area contributed by atoms with Gasteiger partial charge in [-0.1, -0.05) is 18.2 Å². The van der Waals surface area contributed by atoms with Gasteiger partial charge in [0.05, 0.1) is 5.52 Å². The van der Waals surface area contributed by atoms with Crippen LogP contribution in [0.1, 0.15) is 18.4 Å². The second kappa shape index (κ2) is 3.34. The summed E-state index contributed by atoms with van der Waals surface area (Å²) in [5.41, 5.74) is 8.96. The lowest BCUT2D eigenvalue weighted by Crippen LogP contribution is -2.24. The molecule has 16 heavy (non-hydrogen) atoms. The summed E-state index contributed by atoms with van der Waals surface area (Å²) in [6.07, 6.45) is 5.43. The predicted octanol–water partition coefficient (Wildman–Crippen LogP) is 2.97. The number of hydrogen-bond donors (Lipinski definition) is 1. The zero-order chi connectivity index (χ0) is 11.3. The van der Waals surface area contributed by atoms with E-state index in [1.165, 1.54) is 16.5 Å². The van der Waals surface area contributed by atoms with E-state index >= 15 is 0 Å². The van der Waals surface area contributed by atoms with Crippen molar-refractivity contribution in [1.82, 2.24) is 4.57 Å². The molecule has 0 atom stereocenters. The second-order valence-electron chi connectivity index (χ2n) is 4.94. The quantitative estimate of drug-likeness (QED) is 0.900. The van der Waals surface area contributed by atoms with Crippen LogP contribution in [0.25, 0.3) is 10.9 Å². The molecule has 0 aliphatic heterocycles. The summed E-state index contributed by atoms with van der Waals surface area (Å²) < 4.78 is 3.34. The molecule has 0 radical (unpaired) electrons. The third-order valence-electron chi connectivity index (χ3n) is 3.47. The number of para-hydroxylation sites is 1. The van der Waals surface area contributed by atoms with Gasteiger partial charge in [-0.05, 0) is 40.8 Å². The highest BCUT2D eigenvalue weighted by Gasteiger charge is 2.38. The molecule has 0 amide bonds. The van der Waals surface area contributed by atoms with E-state index < -0.39 is 0 Å². The zero-order valence-corrected chi connectivity index (χ0v) is 10.9. The molecule has 1 aliphatic rings. The van der Waals surface area contributed by atoms with Crippen LogP contribution in [0.4, 0.5) is 0 Å². The lowest BCUT2D eigenvalue weighted by molar-refractivity contribution is 0.673. The molecule has 0 bridgehead atoms. The van der Waals surface area contributed by atoms with Gasteiger partial charge in [-0.25, -0.2) is 0 Å². The van der Waals surface area contributed by atoms with Crippen molar-refractivity contribution < 1.29 is 0 Å². The Labute approximate surface area is 104 Å².